The molecule has 0 aliphatic carbocycles. The Hall–Kier alpha value is -0.373. The molecule has 0 N–H and O–H groups in total. The third-order valence-corrected chi connectivity index (χ3v) is 2.55. The highest BCUT2D eigenvalue weighted by Crippen LogP contribution is 2.27. The second-order valence-electron chi connectivity index (χ2n) is 2.95. The Morgan fingerprint density at radius 2 is 1.08 bits per heavy atom. The first-order valence-electron chi connectivity index (χ1n) is 2.82. The summed E-state index contributed by atoms with van der Waals surface area (Å²) in [4.78, 5) is 0. The molecular formula is C4H9F3O3SSi. The molecule has 0 fully saturated rings. The highest BCUT2D eigenvalue weighted by atomic mass is 32.2. The minimum absolute atomic E-state index is 1.28. The van der Waals surface area contributed by atoms with Crippen molar-refractivity contribution in [2.75, 3.05) is 0 Å². The van der Waals surface area contributed by atoms with Crippen molar-refractivity contribution in [3.63, 3.8) is 0 Å². The van der Waals surface area contributed by atoms with Gasteiger partial charge < -0.3 is 0 Å². The fourth-order valence-electron chi connectivity index (χ4n) is 0. The molecule has 0 bridgehead atoms. The molecule has 0 amide bonds. The van der Waals surface area contributed by atoms with E-state index in [0.29, 0.717) is 0 Å². The smallest absolute Gasteiger partial charge is 0.177 e. The molecule has 0 rings (SSSR count). The summed E-state index contributed by atoms with van der Waals surface area (Å²) < 4.78 is 60.2. The maximum atomic E-state index is 11.6. The molecule has 0 spiro atoms. The average Bonchev–Trinajstić information content (AvgIpc) is 1.55. The maximum Gasteiger partial charge on any atom is 0.425 e. The van der Waals surface area contributed by atoms with Crippen LogP contribution < -0.4 is 0 Å². The largest absolute Gasteiger partial charge is 0.425 e. The minimum atomic E-state index is -3.92. The van der Waals surface area contributed by atoms with E-state index in [-0.39, 0.29) is 0 Å². The first-order chi connectivity index (χ1) is 4.98. The Bertz CT molecular complexity index is 203. The Kier molecular flexibility index (Phi) is 5.43. The summed E-state index contributed by atoms with van der Waals surface area (Å²) in [6.45, 7) is 3.85. The molecule has 0 heterocycles. The van der Waals surface area contributed by atoms with Gasteiger partial charge in [-0.2, -0.15) is 13.2 Å². The van der Waals surface area contributed by atoms with Crippen LogP contribution in [0.15, 0.2) is 0 Å². The van der Waals surface area contributed by atoms with E-state index < -0.39 is 24.5 Å². The van der Waals surface area contributed by atoms with Crippen LogP contribution in [0.1, 0.15) is 0 Å². The topological polar surface area (TPSA) is 51.2 Å². The third kappa shape index (κ3) is 9.63. The number of rotatable bonds is 0. The van der Waals surface area contributed by atoms with Gasteiger partial charge in [-0.25, -0.2) is 0 Å². The summed E-state index contributed by atoms with van der Waals surface area (Å²) in [5, 5.41) is 0. The molecular weight excluding hydrogens is 213 g/mol. The van der Waals surface area contributed by atoms with Crippen LogP contribution in [0.2, 0.25) is 19.6 Å². The quantitative estimate of drug-likeness (QED) is 0.582. The van der Waals surface area contributed by atoms with Crippen molar-refractivity contribution in [1.29, 1.82) is 0 Å². The van der Waals surface area contributed by atoms with Crippen LogP contribution in [0.25, 0.3) is 0 Å². The van der Waals surface area contributed by atoms with Crippen molar-refractivity contribution < 1.29 is 25.8 Å². The number of alkyl halides is 3. The van der Waals surface area contributed by atoms with E-state index >= 15 is 0 Å². The molecule has 0 aromatic rings. The van der Waals surface area contributed by atoms with E-state index in [1.54, 1.807) is 0 Å². The predicted octanol–water partition coefficient (Wildman–Crippen LogP) is 1.42. The lowest BCUT2D eigenvalue weighted by molar-refractivity contribution is -0.0552. The van der Waals surface area contributed by atoms with Gasteiger partial charge in [0.1, 0.15) is 0 Å². The molecule has 0 aromatic carbocycles. The molecule has 0 unspecified atom stereocenters. The van der Waals surface area contributed by atoms with E-state index in [9.17, 15) is 13.2 Å². The van der Waals surface area contributed by atoms with Gasteiger partial charge in [0.2, 0.25) is 0 Å². The number of halogens is 3. The highest BCUT2D eigenvalue weighted by molar-refractivity contribution is 7.59. The molecule has 0 saturated carbocycles. The van der Waals surface area contributed by atoms with Crippen molar-refractivity contribution in [3.8, 4) is 0 Å². The molecule has 8 heteroatoms. The fourth-order valence-corrected chi connectivity index (χ4v) is 0. The first kappa shape index (κ1) is 14.2. The Labute approximate surface area is 70.7 Å². The van der Waals surface area contributed by atoms with Crippen LogP contribution in [0, 0.1) is 0 Å². The standard InChI is InChI=1S/C4H9F3Si.O3S/c1-8(2,3)4(5,6)7;1-4(2)3/h1-3H3;. The molecule has 12 heavy (non-hydrogen) atoms. The molecule has 0 aromatic heterocycles. The van der Waals surface area contributed by atoms with Gasteiger partial charge >= 0.3 is 16.4 Å². The van der Waals surface area contributed by atoms with E-state index in [1.165, 1.54) is 19.6 Å². The van der Waals surface area contributed by atoms with Crippen molar-refractivity contribution in [2.24, 2.45) is 0 Å². The summed E-state index contributed by atoms with van der Waals surface area (Å²) in [7, 11) is -5.97. The Morgan fingerprint density at radius 1 is 1.00 bits per heavy atom. The van der Waals surface area contributed by atoms with Gasteiger partial charge in [0.15, 0.2) is 8.07 Å². The van der Waals surface area contributed by atoms with E-state index in [1.807, 2.05) is 0 Å². The van der Waals surface area contributed by atoms with Gasteiger partial charge in [0.05, 0.1) is 0 Å². The number of hydrogen-bond donors (Lipinski definition) is 0. The van der Waals surface area contributed by atoms with Crippen LogP contribution >= 0.6 is 0 Å². The highest BCUT2D eigenvalue weighted by Gasteiger charge is 2.44. The normalized spacial score (nSPS) is 11.5. The molecule has 74 valence electrons. The monoisotopic (exact) mass is 222 g/mol. The van der Waals surface area contributed by atoms with E-state index in [0.717, 1.165) is 0 Å². The lowest BCUT2D eigenvalue weighted by atomic mass is 11.5. The van der Waals surface area contributed by atoms with Crippen molar-refractivity contribution in [3.05, 3.63) is 0 Å². The zero-order chi connectivity index (χ0) is 10.6. The zero-order valence-electron chi connectivity index (χ0n) is 6.77. The third-order valence-electron chi connectivity index (χ3n) is 0.850. The van der Waals surface area contributed by atoms with E-state index in [2.05, 4.69) is 0 Å². The van der Waals surface area contributed by atoms with Crippen LogP contribution in [0.5, 0.6) is 0 Å². The predicted molar refractivity (Wildman–Crippen MR) is 39.1 cm³/mol. The van der Waals surface area contributed by atoms with Gasteiger partial charge in [0.25, 0.3) is 0 Å². The van der Waals surface area contributed by atoms with Crippen molar-refractivity contribution >= 4 is 18.7 Å². The summed E-state index contributed by atoms with van der Waals surface area (Å²) in [6.07, 6.45) is 0. The zero-order valence-corrected chi connectivity index (χ0v) is 8.58. The van der Waals surface area contributed by atoms with Crippen molar-refractivity contribution in [1.82, 2.24) is 0 Å². The fraction of sp³-hybridized carbons (Fsp3) is 1.00. The lowest BCUT2D eigenvalue weighted by Gasteiger charge is -2.19. The van der Waals surface area contributed by atoms with Crippen LogP contribution in [0.4, 0.5) is 13.2 Å². The van der Waals surface area contributed by atoms with Gasteiger partial charge in [-0.1, -0.05) is 19.6 Å². The maximum absolute atomic E-state index is 11.6. The summed E-state index contributed by atoms with van der Waals surface area (Å²) >= 11 is 0. The average molecular weight is 222 g/mol. The minimum Gasteiger partial charge on any atom is -0.177 e. The Balaban J connectivity index is 0. The van der Waals surface area contributed by atoms with Gasteiger partial charge in [-0.15, -0.1) is 12.6 Å². The van der Waals surface area contributed by atoms with Gasteiger partial charge in [-0.3, -0.25) is 0 Å². The van der Waals surface area contributed by atoms with Gasteiger partial charge in [0, 0.05) is 0 Å². The number of hydrogen-bond acceptors (Lipinski definition) is 3. The second kappa shape index (κ2) is 4.60. The van der Waals surface area contributed by atoms with E-state index in [4.69, 9.17) is 12.6 Å². The lowest BCUT2D eigenvalue weighted by Crippen LogP contribution is -2.40. The Morgan fingerprint density at radius 3 is 1.08 bits per heavy atom. The summed E-state index contributed by atoms with van der Waals surface area (Å²) in [6, 6.07) is 0. The molecule has 0 radical (unpaired) electrons. The van der Waals surface area contributed by atoms with Gasteiger partial charge in [-0.05, 0) is 0 Å². The molecule has 0 saturated heterocycles. The molecule has 0 aliphatic rings. The molecule has 3 nitrogen and oxygen atoms in total. The first-order valence-corrected chi connectivity index (χ1v) is 7.32. The summed E-state index contributed by atoms with van der Waals surface area (Å²) in [5.41, 5.74) is 0. The summed E-state index contributed by atoms with van der Waals surface area (Å²) in [5.74, 6) is -3.92. The molecule has 0 aliphatic heterocycles. The second-order valence-corrected chi connectivity index (χ2v) is 8.43. The van der Waals surface area contributed by atoms with Crippen molar-refractivity contribution in [2.45, 2.75) is 25.4 Å². The molecule has 0 atom stereocenters. The SMILES string of the molecule is C[Si](C)(C)C(F)(F)F.O=S(=O)=O. The van der Waals surface area contributed by atoms with Crippen LogP contribution in [-0.4, -0.2) is 26.5 Å². The van der Waals surface area contributed by atoms with Crippen LogP contribution in [0.3, 0.4) is 0 Å². The van der Waals surface area contributed by atoms with Crippen LogP contribution in [-0.2, 0) is 10.6 Å².